The lowest BCUT2D eigenvalue weighted by atomic mass is 9.72. The van der Waals surface area contributed by atoms with E-state index in [1.807, 2.05) is 0 Å². The third kappa shape index (κ3) is 7.66. The molecular weight excluding hydrogens is 338 g/mol. The third-order valence-corrected chi connectivity index (χ3v) is 8.73. The molecule has 0 saturated heterocycles. The van der Waals surface area contributed by atoms with Crippen molar-refractivity contribution in [1.29, 1.82) is 0 Å². The first-order chi connectivity index (χ1) is 13.6. The summed E-state index contributed by atoms with van der Waals surface area (Å²) in [5.74, 6) is 4.83. The quantitative estimate of drug-likeness (QED) is 0.287. The maximum atomic E-state index is 2.74. The second kappa shape index (κ2) is 13.3. The SMILES string of the molecule is CCCCC(CCC1CCC1)C(C)C(CCC)CCN(C)C1CCCCC1C. The highest BCUT2D eigenvalue weighted by atomic mass is 15.1. The molecule has 2 saturated carbocycles. The van der Waals surface area contributed by atoms with Crippen LogP contribution in [0.2, 0.25) is 0 Å². The van der Waals surface area contributed by atoms with Gasteiger partial charge < -0.3 is 4.90 Å². The molecule has 1 heteroatoms. The molecule has 2 fully saturated rings. The zero-order valence-corrected chi connectivity index (χ0v) is 20.2. The van der Waals surface area contributed by atoms with E-state index >= 15 is 0 Å². The summed E-state index contributed by atoms with van der Waals surface area (Å²) in [6.07, 6.45) is 21.9. The lowest BCUT2D eigenvalue weighted by molar-refractivity contribution is 0.114. The Morgan fingerprint density at radius 1 is 0.821 bits per heavy atom. The van der Waals surface area contributed by atoms with Crippen LogP contribution < -0.4 is 0 Å². The fourth-order valence-electron chi connectivity index (χ4n) is 6.28. The fourth-order valence-corrected chi connectivity index (χ4v) is 6.28. The van der Waals surface area contributed by atoms with Crippen molar-refractivity contribution in [2.45, 2.75) is 130 Å². The van der Waals surface area contributed by atoms with Gasteiger partial charge in [0.1, 0.15) is 0 Å². The Bertz CT molecular complexity index is 388. The van der Waals surface area contributed by atoms with Crippen molar-refractivity contribution >= 4 is 0 Å². The van der Waals surface area contributed by atoms with Crippen LogP contribution in [0.5, 0.6) is 0 Å². The summed E-state index contributed by atoms with van der Waals surface area (Å²) in [7, 11) is 2.42. The van der Waals surface area contributed by atoms with E-state index in [0.29, 0.717) is 0 Å². The summed E-state index contributed by atoms with van der Waals surface area (Å²) >= 11 is 0. The van der Waals surface area contributed by atoms with Gasteiger partial charge in [-0.25, -0.2) is 0 Å². The Hall–Kier alpha value is -0.0400. The molecule has 2 aliphatic rings. The Morgan fingerprint density at radius 2 is 1.54 bits per heavy atom. The van der Waals surface area contributed by atoms with Crippen molar-refractivity contribution in [3.05, 3.63) is 0 Å². The van der Waals surface area contributed by atoms with Crippen molar-refractivity contribution < 1.29 is 0 Å². The zero-order valence-electron chi connectivity index (χ0n) is 20.2. The first-order valence-electron chi connectivity index (χ1n) is 13.3. The van der Waals surface area contributed by atoms with Crippen molar-refractivity contribution in [2.75, 3.05) is 13.6 Å². The number of hydrogen-bond donors (Lipinski definition) is 0. The molecule has 0 bridgehead atoms. The molecular formula is C27H53N. The molecule has 0 amide bonds. The largest absolute Gasteiger partial charge is 0.303 e. The molecule has 0 N–H and O–H groups in total. The molecule has 5 unspecified atom stereocenters. The van der Waals surface area contributed by atoms with E-state index in [4.69, 9.17) is 0 Å². The highest BCUT2D eigenvalue weighted by Gasteiger charge is 2.29. The van der Waals surface area contributed by atoms with Gasteiger partial charge in [0.2, 0.25) is 0 Å². The standard InChI is InChI=1S/C27H53N/c1-6-8-16-26(19-18-24-14-11-15-24)23(4)25(12-7-2)20-21-28(5)27-17-10-9-13-22(27)3/h22-27H,6-21H2,1-5H3. The fraction of sp³-hybridized carbons (Fsp3) is 1.00. The van der Waals surface area contributed by atoms with Gasteiger partial charge in [0.15, 0.2) is 0 Å². The molecule has 2 aliphatic carbocycles. The van der Waals surface area contributed by atoms with E-state index in [1.54, 1.807) is 0 Å². The van der Waals surface area contributed by atoms with Crippen LogP contribution in [0.4, 0.5) is 0 Å². The molecule has 0 aromatic carbocycles. The maximum Gasteiger partial charge on any atom is 0.0118 e. The summed E-state index contributed by atoms with van der Waals surface area (Å²) in [6, 6.07) is 0.848. The van der Waals surface area contributed by atoms with E-state index in [9.17, 15) is 0 Å². The molecule has 0 radical (unpaired) electrons. The Kier molecular flexibility index (Phi) is 11.5. The molecule has 166 valence electrons. The topological polar surface area (TPSA) is 3.24 Å². The van der Waals surface area contributed by atoms with Crippen LogP contribution in [0.3, 0.4) is 0 Å². The smallest absolute Gasteiger partial charge is 0.0118 e. The summed E-state index contributed by atoms with van der Waals surface area (Å²) in [4.78, 5) is 2.74. The van der Waals surface area contributed by atoms with Crippen molar-refractivity contribution in [1.82, 2.24) is 4.90 Å². The first-order valence-corrected chi connectivity index (χ1v) is 13.3. The van der Waals surface area contributed by atoms with Gasteiger partial charge in [-0.15, -0.1) is 0 Å². The molecule has 5 atom stereocenters. The molecule has 0 heterocycles. The molecule has 0 aliphatic heterocycles. The van der Waals surface area contributed by atoms with Crippen LogP contribution >= 0.6 is 0 Å². The lowest BCUT2D eigenvalue weighted by Gasteiger charge is -2.38. The minimum absolute atomic E-state index is 0.848. The third-order valence-electron chi connectivity index (χ3n) is 8.73. The number of rotatable bonds is 14. The van der Waals surface area contributed by atoms with Gasteiger partial charge in [-0.2, -0.15) is 0 Å². The van der Waals surface area contributed by atoms with Crippen molar-refractivity contribution in [2.24, 2.45) is 29.6 Å². The monoisotopic (exact) mass is 391 g/mol. The van der Waals surface area contributed by atoms with Crippen molar-refractivity contribution in [3.63, 3.8) is 0 Å². The van der Waals surface area contributed by atoms with Gasteiger partial charge in [-0.3, -0.25) is 0 Å². The highest BCUT2D eigenvalue weighted by Crippen LogP contribution is 2.38. The average molecular weight is 392 g/mol. The Morgan fingerprint density at radius 3 is 2.14 bits per heavy atom. The summed E-state index contributed by atoms with van der Waals surface area (Å²) < 4.78 is 0. The van der Waals surface area contributed by atoms with Crippen LogP contribution in [0.15, 0.2) is 0 Å². The highest BCUT2D eigenvalue weighted by molar-refractivity contribution is 4.82. The van der Waals surface area contributed by atoms with Gasteiger partial charge in [0.05, 0.1) is 0 Å². The van der Waals surface area contributed by atoms with E-state index in [-0.39, 0.29) is 0 Å². The minimum Gasteiger partial charge on any atom is -0.303 e. The van der Waals surface area contributed by atoms with E-state index in [1.165, 1.54) is 103 Å². The van der Waals surface area contributed by atoms with E-state index in [2.05, 4.69) is 39.6 Å². The average Bonchev–Trinajstić information content (AvgIpc) is 2.66. The minimum atomic E-state index is 0.848. The predicted octanol–water partition coefficient (Wildman–Crippen LogP) is 8.33. The Balaban J connectivity index is 1.87. The Labute approximate surface area is 178 Å². The number of nitrogens with zero attached hydrogens (tertiary/aromatic N) is 1. The number of unbranched alkanes of at least 4 members (excludes halogenated alkanes) is 1. The second-order valence-corrected chi connectivity index (χ2v) is 10.8. The van der Waals surface area contributed by atoms with Gasteiger partial charge in [-0.05, 0) is 68.9 Å². The van der Waals surface area contributed by atoms with Crippen LogP contribution in [0, 0.1) is 29.6 Å². The van der Waals surface area contributed by atoms with Gasteiger partial charge in [0.25, 0.3) is 0 Å². The van der Waals surface area contributed by atoms with Gasteiger partial charge in [-0.1, -0.05) is 98.3 Å². The van der Waals surface area contributed by atoms with Crippen LogP contribution in [-0.4, -0.2) is 24.5 Å². The molecule has 28 heavy (non-hydrogen) atoms. The summed E-state index contributed by atoms with van der Waals surface area (Å²) in [5, 5.41) is 0. The number of hydrogen-bond acceptors (Lipinski definition) is 1. The molecule has 2 rings (SSSR count). The van der Waals surface area contributed by atoms with Crippen LogP contribution in [-0.2, 0) is 0 Å². The van der Waals surface area contributed by atoms with E-state index in [0.717, 1.165) is 35.6 Å². The first kappa shape index (κ1) is 24.2. The molecule has 0 spiro atoms. The normalized spacial score (nSPS) is 26.8. The van der Waals surface area contributed by atoms with Gasteiger partial charge in [0, 0.05) is 6.04 Å². The van der Waals surface area contributed by atoms with Crippen molar-refractivity contribution in [3.8, 4) is 0 Å². The molecule has 1 nitrogen and oxygen atoms in total. The molecule has 0 aromatic rings. The summed E-state index contributed by atoms with van der Waals surface area (Å²) in [6.45, 7) is 11.2. The van der Waals surface area contributed by atoms with Crippen LogP contribution in [0.25, 0.3) is 0 Å². The zero-order chi connectivity index (χ0) is 20.4. The van der Waals surface area contributed by atoms with Gasteiger partial charge >= 0.3 is 0 Å². The predicted molar refractivity (Wildman–Crippen MR) is 126 cm³/mol. The lowest BCUT2D eigenvalue weighted by Crippen LogP contribution is -2.40. The summed E-state index contributed by atoms with van der Waals surface area (Å²) in [5.41, 5.74) is 0. The van der Waals surface area contributed by atoms with E-state index < -0.39 is 0 Å². The maximum absolute atomic E-state index is 2.74. The molecule has 0 aromatic heterocycles. The second-order valence-electron chi connectivity index (χ2n) is 10.8. The van der Waals surface area contributed by atoms with Crippen LogP contribution in [0.1, 0.15) is 124 Å².